The summed E-state index contributed by atoms with van der Waals surface area (Å²) in [7, 11) is 2.10. The third kappa shape index (κ3) is 5.45. The van der Waals surface area contributed by atoms with Gasteiger partial charge in [-0.05, 0) is 79.5 Å². The summed E-state index contributed by atoms with van der Waals surface area (Å²) >= 11 is 0. The maximum atomic E-state index is 13.4. The van der Waals surface area contributed by atoms with E-state index < -0.39 is 5.82 Å². The first-order valence-electron chi connectivity index (χ1n) is 10.9. The molecule has 3 aromatic carbocycles. The van der Waals surface area contributed by atoms with Crippen LogP contribution in [0.5, 0.6) is 5.75 Å². The van der Waals surface area contributed by atoms with Gasteiger partial charge < -0.3 is 15.3 Å². The van der Waals surface area contributed by atoms with Crippen LogP contribution >= 0.6 is 0 Å². The normalized spacial score (nSPS) is 16.5. The number of carbonyl (C=O) groups excluding carboxylic acids is 1. The van der Waals surface area contributed by atoms with E-state index in [1.807, 2.05) is 42.5 Å². The number of nitrogens with one attached hydrogen (secondary N) is 1. The van der Waals surface area contributed by atoms with Gasteiger partial charge in [-0.3, -0.25) is 9.69 Å². The van der Waals surface area contributed by atoms with Gasteiger partial charge in [0.15, 0.2) is 0 Å². The molecule has 1 aliphatic rings. The summed E-state index contributed by atoms with van der Waals surface area (Å²) in [6.07, 6.45) is 2.24. The second-order valence-electron chi connectivity index (χ2n) is 8.32. The first kappa shape index (κ1) is 21.8. The van der Waals surface area contributed by atoms with E-state index in [0.717, 1.165) is 43.7 Å². The summed E-state index contributed by atoms with van der Waals surface area (Å²) in [6.45, 7) is 2.82. The van der Waals surface area contributed by atoms with E-state index in [-0.39, 0.29) is 5.91 Å². The Bertz CT molecular complexity index is 1070. The molecular formula is C26H28FN3O2. The van der Waals surface area contributed by atoms with E-state index in [0.29, 0.717) is 23.0 Å². The molecule has 0 radical (unpaired) electrons. The molecule has 1 fully saturated rings. The number of carbonyl (C=O) groups is 1. The molecule has 32 heavy (non-hydrogen) atoms. The zero-order valence-electron chi connectivity index (χ0n) is 18.2. The number of anilines is 2. The van der Waals surface area contributed by atoms with E-state index in [1.165, 1.54) is 18.2 Å². The molecule has 1 saturated heterocycles. The number of benzene rings is 3. The van der Waals surface area contributed by atoms with E-state index in [1.54, 1.807) is 12.1 Å². The number of nitrogens with zero attached hydrogens (tertiary/aromatic N) is 2. The Labute approximate surface area is 188 Å². The summed E-state index contributed by atoms with van der Waals surface area (Å²) < 4.78 is 13.4. The molecule has 2 N–H and O–H groups in total. The van der Waals surface area contributed by atoms with Gasteiger partial charge >= 0.3 is 0 Å². The predicted molar refractivity (Wildman–Crippen MR) is 126 cm³/mol. The maximum absolute atomic E-state index is 13.4. The number of amides is 1. The molecule has 3 aromatic rings. The lowest BCUT2D eigenvalue weighted by Gasteiger charge is -2.38. The Morgan fingerprint density at radius 3 is 2.66 bits per heavy atom. The lowest BCUT2D eigenvalue weighted by atomic mass is 10.0. The van der Waals surface area contributed by atoms with Crippen LogP contribution in [0, 0.1) is 5.82 Å². The van der Waals surface area contributed by atoms with E-state index in [4.69, 9.17) is 0 Å². The molecule has 1 amide bonds. The summed E-state index contributed by atoms with van der Waals surface area (Å²) in [4.78, 5) is 17.0. The molecule has 166 valence electrons. The highest BCUT2D eigenvalue weighted by Crippen LogP contribution is 2.25. The Balaban J connectivity index is 1.36. The highest BCUT2D eigenvalue weighted by molar-refractivity contribution is 6.04. The van der Waals surface area contributed by atoms with Gasteiger partial charge in [-0.1, -0.05) is 18.2 Å². The number of hydrogen-bond donors (Lipinski definition) is 2. The lowest BCUT2D eigenvalue weighted by Crippen LogP contribution is -2.46. The van der Waals surface area contributed by atoms with Crippen molar-refractivity contribution < 1.29 is 14.3 Å². The van der Waals surface area contributed by atoms with E-state index in [9.17, 15) is 14.3 Å². The van der Waals surface area contributed by atoms with E-state index >= 15 is 0 Å². The number of phenols is 1. The van der Waals surface area contributed by atoms with E-state index in [2.05, 4.69) is 22.2 Å². The Hall–Kier alpha value is -3.38. The minimum Gasteiger partial charge on any atom is -0.508 e. The average molecular weight is 434 g/mol. The van der Waals surface area contributed by atoms with Crippen molar-refractivity contribution in [3.05, 3.63) is 89.7 Å². The number of likely N-dealkylation sites (N-methyl/N-ethyl adjacent to an activating group) is 1. The molecule has 1 unspecified atom stereocenters. The minimum atomic E-state index is -0.430. The highest BCUT2D eigenvalue weighted by Gasteiger charge is 2.23. The zero-order valence-corrected chi connectivity index (χ0v) is 18.2. The SMILES string of the molecule is CN(c1ccc(NC(=O)c2cccc(F)c2)cc1)C1CCCN(Cc2cccc(O)c2)C1. The van der Waals surface area contributed by atoms with Crippen LogP contribution in [0.3, 0.4) is 0 Å². The third-order valence-corrected chi connectivity index (χ3v) is 5.96. The molecule has 1 atom stereocenters. The molecule has 1 heterocycles. The van der Waals surface area contributed by atoms with Crippen LogP contribution in [0.4, 0.5) is 15.8 Å². The van der Waals surface area contributed by atoms with Crippen LogP contribution < -0.4 is 10.2 Å². The van der Waals surface area contributed by atoms with Gasteiger partial charge in [0, 0.05) is 43.1 Å². The first-order chi connectivity index (χ1) is 15.5. The van der Waals surface area contributed by atoms with Crippen LogP contribution in [0.2, 0.25) is 0 Å². The summed E-state index contributed by atoms with van der Waals surface area (Å²) in [5.41, 5.74) is 3.16. The maximum Gasteiger partial charge on any atom is 0.255 e. The van der Waals surface area contributed by atoms with Crippen LogP contribution in [-0.2, 0) is 6.54 Å². The minimum absolute atomic E-state index is 0.292. The number of likely N-dealkylation sites (tertiary alicyclic amines) is 1. The Kier molecular flexibility index (Phi) is 6.71. The summed E-state index contributed by atoms with van der Waals surface area (Å²) in [5.74, 6) is -0.460. The van der Waals surface area contributed by atoms with Gasteiger partial charge in [0.2, 0.25) is 0 Å². The highest BCUT2D eigenvalue weighted by atomic mass is 19.1. The molecule has 6 heteroatoms. The molecule has 0 aromatic heterocycles. The fraction of sp³-hybridized carbons (Fsp3) is 0.269. The molecule has 0 spiro atoms. The van der Waals surface area contributed by atoms with Crippen LogP contribution in [-0.4, -0.2) is 42.1 Å². The quantitative estimate of drug-likeness (QED) is 0.582. The van der Waals surface area contributed by atoms with Crippen LogP contribution in [0.1, 0.15) is 28.8 Å². The molecule has 5 nitrogen and oxygen atoms in total. The van der Waals surface area contributed by atoms with Crippen molar-refractivity contribution in [2.75, 3.05) is 30.4 Å². The second kappa shape index (κ2) is 9.83. The van der Waals surface area contributed by atoms with Gasteiger partial charge in [0.05, 0.1) is 0 Å². The number of halogens is 1. The molecule has 4 rings (SSSR count). The monoisotopic (exact) mass is 433 g/mol. The Morgan fingerprint density at radius 1 is 1.12 bits per heavy atom. The van der Waals surface area contributed by atoms with Gasteiger partial charge in [0.25, 0.3) is 5.91 Å². The smallest absolute Gasteiger partial charge is 0.255 e. The lowest BCUT2D eigenvalue weighted by molar-refractivity contribution is 0.102. The van der Waals surface area contributed by atoms with Crippen molar-refractivity contribution >= 4 is 17.3 Å². The molecular weight excluding hydrogens is 405 g/mol. The number of phenolic OH excluding ortho intramolecular Hbond substituents is 1. The molecule has 1 aliphatic heterocycles. The topological polar surface area (TPSA) is 55.8 Å². The largest absolute Gasteiger partial charge is 0.508 e. The van der Waals surface area contributed by atoms with Gasteiger partial charge in [-0.2, -0.15) is 0 Å². The van der Waals surface area contributed by atoms with Crippen LogP contribution in [0.25, 0.3) is 0 Å². The number of aromatic hydroxyl groups is 1. The standard InChI is InChI=1S/C26H28FN3O2/c1-29(24-8-4-14-30(18-24)17-19-5-2-9-25(31)15-19)23-12-10-22(11-13-23)28-26(32)20-6-3-7-21(27)16-20/h2-3,5-7,9-13,15-16,24,31H,4,8,14,17-18H2,1H3,(H,28,32). The molecule has 0 saturated carbocycles. The summed E-state index contributed by atoms with van der Waals surface area (Å²) in [5, 5.41) is 12.5. The average Bonchev–Trinajstić information content (AvgIpc) is 2.79. The van der Waals surface area contributed by atoms with Crippen molar-refractivity contribution in [3.8, 4) is 5.75 Å². The second-order valence-corrected chi connectivity index (χ2v) is 8.32. The van der Waals surface area contributed by atoms with Crippen molar-refractivity contribution in [2.24, 2.45) is 0 Å². The number of rotatable bonds is 6. The third-order valence-electron chi connectivity index (χ3n) is 5.96. The van der Waals surface area contributed by atoms with Crippen molar-refractivity contribution in [2.45, 2.75) is 25.4 Å². The summed E-state index contributed by atoms with van der Waals surface area (Å²) in [6, 6.07) is 21.2. The molecule has 0 aliphatic carbocycles. The number of hydrogen-bond acceptors (Lipinski definition) is 4. The number of piperidine rings is 1. The van der Waals surface area contributed by atoms with Crippen molar-refractivity contribution in [1.82, 2.24) is 4.90 Å². The van der Waals surface area contributed by atoms with Gasteiger partial charge in [-0.15, -0.1) is 0 Å². The predicted octanol–water partition coefficient (Wildman–Crippen LogP) is 4.88. The Morgan fingerprint density at radius 2 is 1.91 bits per heavy atom. The van der Waals surface area contributed by atoms with Gasteiger partial charge in [-0.25, -0.2) is 4.39 Å². The first-order valence-corrected chi connectivity index (χ1v) is 10.9. The van der Waals surface area contributed by atoms with Crippen molar-refractivity contribution in [1.29, 1.82) is 0 Å². The molecule has 0 bridgehead atoms. The zero-order chi connectivity index (χ0) is 22.5. The van der Waals surface area contributed by atoms with Gasteiger partial charge in [0.1, 0.15) is 11.6 Å². The van der Waals surface area contributed by atoms with Crippen molar-refractivity contribution in [3.63, 3.8) is 0 Å². The fourth-order valence-corrected chi connectivity index (χ4v) is 4.23. The van der Waals surface area contributed by atoms with Crippen LogP contribution in [0.15, 0.2) is 72.8 Å². The fourth-order valence-electron chi connectivity index (χ4n) is 4.23.